The lowest BCUT2D eigenvalue weighted by Gasteiger charge is -2.35. The van der Waals surface area contributed by atoms with Crippen LogP contribution in [-0.2, 0) is 0 Å². The smallest absolute Gasteiger partial charge is 0.231 e. The maximum absolute atomic E-state index is 5.52. The fourth-order valence-corrected chi connectivity index (χ4v) is 3.25. The molecule has 4 rings (SSSR count). The minimum absolute atomic E-state index is 0.362. The van der Waals surface area contributed by atoms with Gasteiger partial charge in [0.2, 0.25) is 6.79 Å². The predicted molar refractivity (Wildman–Crippen MR) is 72.5 cm³/mol. The first-order chi connectivity index (χ1) is 9.42. The molecule has 0 unspecified atom stereocenters. The zero-order valence-corrected chi connectivity index (χ0v) is 11.1. The minimum Gasteiger partial charge on any atom is -0.454 e. The molecule has 102 valence electrons. The van der Waals surface area contributed by atoms with Crippen LogP contribution in [0.2, 0.25) is 0 Å². The number of hydrogen-bond donors (Lipinski definition) is 1. The van der Waals surface area contributed by atoms with Gasteiger partial charge in [-0.1, -0.05) is 6.07 Å². The van der Waals surface area contributed by atoms with Crippen molar-refractivity contribution in [1.29, 1.82) is 0 Å². The summed E-state index contributed by atoms with van der Waals surface area (Å²) in [7, 11) is 0. The number of nitrogens with zero attached hydrogens (tertiary/aromatic N) is 1. The van der Waals surface area contributed by atoms with Crippen LogP contribution in [0, 0.1) is 5.92 Å². The fourth-order valence-electron chi connectivity index (χ4n) is 3.25. The Labute approximate surface area is 113 Å². The third kappa shape index (κ3) is 2.19. The van der Waals surface area contributed by atoms with E-state index in [0.717, 1.165) is 43.6 Å². The van der Waals surface area contributed by atoms with Gasteiger partial charge in [-0.05, 0) is 36.5 Å². The molecular formula is C15H20N2O2. The fraction of sp³-hybridized carbons (Fsp3) is 0.600. The Bertz CT molecular complexity index is 467. The molecule has 0 bridgehead atoms. The standard InChI is InChI=1S/C15H20N2O2/c1-2-11(1)15(17-7-5-16-6-8-17)12-3-4-13-14(9-12)19-10-18-13/h3-4,9,11,15-16H,1-2,5-8,10H2/t15-/m1/s1. The van der Waals surface area contributed by atoms with E-state index in [1.54, 1.807) is 0 Å². The van der Waals surface area contributed by atoms with Crippen molar-refractivity contribution in [3.05, 3.63) is 23.8 Å². The quantitative estimate of drug-likeness (QED) is 0.898. The molecule has 3 aliphatic rings. The van der Waals surface area contributed by atoms with Crippen LogP contribution in [0.25, 0.3) is 0 Å². The molecule has 1 aromatic carbocycles. The maximum Gasteiger partial charge on any atom is 0.231 e. The molecule has 0 aromatic heterocycles. The Hall–Kier alpha value is -1.26. The highest BCUT2D eigenvalue weighted by Gasteiger charge is 2.37. The van der Waals surface area contributed by atoms with Crippen molar-refractivity contribution in [3.8, 4) is 11.5 Å². The van der Waals surface area contributed by atoms with Crippen molar-refractivity contribution in [2.45, 2.75) is 18.9 Å². The molecule has 1 N–H and O–H groups in total. The number of rotatable bonds is 3. The lowest BCUT2D eigenvalue weighted by Crippen LogP contribution is -2.45. The SMILES string of the molecule is c1cc2c(cc1[C@@H](C1CC1)N1CCNCC1)OCO2. The summed E-state index contributed by atoms with van der Waals surface area (Å²) in [5.41, 5.74) is 1.40. The van der Waals surface area contributed by atoms with Gasteiger partial charge >= 0.3 is 0 Å². The van der Waals surface area contributed by atoms with Gasteiger partial charge in [-0.3, -0.25) is 4.90 Å². The zero-order chi connectivity index (χ0) is 12.7. The molecule has 1 saturated carbocycles. The number of fused-ring (bicyclic) bond motifs is 1. The van der Waals surface area contributed by atoms with Crippen LogP contribution in [0.4, 0.5) is 0 Å². The van der Waals surface area contributed by atoms with Crippen molar-refractivity contribution < 1.29 is 9.47 Å². The highest BCUT2D eigenvalue weighted by atomic mass is 16.7. The van der Waals surface area contributed by atoms with Gasteiger partial charge in [0.05, 0.1) is 0 Å². The third-order valence-corrected chi connectivity index (χ3v) is 4.35. The van der Waals surface area contributed by atoms with Gasteiger partial charge in [0.1, 0.15) is 0 Å². The Morgan fingerprint density at radius 3 is 2.68 bits per heavy atom. The van der Waals surface area contributed by atoms with E-state index in [0.29, 0.717) is 12.8 Å². The topological polar surface area (TPSA) is 33.7 Å². The first-order valence-electron chi connectivity index (χ1n) is 7.26. The molecule has 4 nitrogen and oxygen atoms in total. The van der Waals surface area contributed by atoms with E-state index in [2.05, 4.69) is 28.4 Å². The monoisotopic (exact) mass is 260 g/mol. The molecule has 4 heteroatoms. The first-order valence-corrected chi connectivity index (χ1v) is 7.26. The van der Waals surface area contributed by atoms with E-state index >= 15 is 0 Å². The second-order valence-corrected chi connectivity index (χ2v) is 5.68. The summed E-state index contributed by atoms with van der Waals surface area (Å²) in [5.74, 6) is 2.63. The maximum atomic E-state index is 5.52. The van der Waals surface area contributed by atoms with E-state index in [9.17, 15) is 0 Å². The number of nitrogens with one attached hydrogen (secondary N) is 1. The van der Waals surface area contributed by atoms with Crippen molar-refractivity contribution in [3.63, 3.8) is 0 Å². The molecule has 1 aromatic rings. The highest BCUT2D eigenvalue weighted by molar-refractivity contribution is 5.45. The van der Waals surface area contributed by atoms with E-state index < -0.39 is 0 Å². The lowest BCUT2D eigenvalue weighted by atomic mass is 9.99. The molecule has 2 aliphatic heterocycles. The van der Waals surface area contributed by atoms with Gasteiger partial charge < -0.3 is 14.8 Å². The van der Waals surface area contributed by atoms with Gasteiger partial charge in [0.25, 0.3) is 0 Å². The van der Waals surface area contributed by atoms with Crippen molar-refractivity contribution in [2.75, 3.05) is 33.0 Å². The number of piperazine rings is 1. The molecule has 1 atom stereocenters. The Kier molecular flexibility index (Phi) is 2.85. The molecule has 0 radical (unpaired) electrons. The van der Waals surface area contributed by atoms with E-state index in [1.165, 1.54) is 18.4 Å². The number of hydrogen-bond acceptors (Lipinski definition) is 4. The summed E-state index contributed by atoms with van der Waals surface area (Å²) in [6.07, 6.45) is 2.73. The molecule has 0 spiro atoms. The Morgan fingerprint density at radius 1 is 1.11 bits per heavy atom. The van der Waals surface area contributed by atoms with Crippen LogP contribution in [0.1, 0.15) is 24.4 Å². The summed E-state index contributed by atoms with van der Waals surface area (Å²) in [5, 5.41) is 3.44. The molecule has 1 aliphatic carbocycles. The second-order valence-electron chi connectivity index (χ2n) is 5.68. The van der Waals surface area contributed by atoms with Gasteiger partial charge in [0.15, 0.2) is 11.5 Å². The summed E-state index contributed by atoms with van der Waals surface area (Å²) in [4.78, 5) is 2.63. The Morgan fingerprint density at radius 2 is 1.89 bits per heavy atom. The molecule has 2 fully saturated rings. The van der Waals surface area contributed by atoms with E-state index in [4.69, 9.17) is 9.47 Å². The Balaban J connectivity index is 1.62. The largest absolute Gasteiger partial charge is 0.454 e. The van der Waals surface area contributed by atoms with Crippen LogP contribution >= 0.6 is 0 Å². The van der Waals surface area contributed by atoms with Gasteiger partial charge in [-0.2, -0.15) is 0 Å². The summed E-state index contributed by atoms with van der Waals surface area (Å²) in [6, 6.07) is 7.04. The molecule has 2 heterocycles. The van der Waals surface area contributed by atoms with Gasteiger partial charge in [-0.15, -0.1) is 0 Å². The van der Waals surface area contributed by atoms with Gasteiger partial charge in [0, 0.05) is 32.2 Å². The summed E-state index contributed by atoms with van der Waals surface area (Å²) in [6.45, 7) is 4.87. The molecule has 1 saturated heterocycles. The van der Waals surface area contributed by atoms with Crippen molar-refractivity contribution in [2.24, 2.45) is 5.92 Å². The lowest BCUT2D eigenvalue weighted by molar-refractivity contribution is 0.155. The number of benzene rings is 1. The average Bonchev–Trinajstić information content (AvgIpc) is 3.17. The second kappa shape index (κ2) is 4.69. The van der Waals surface area contributed by atoms with Crippen LogP contribution in [-0.4, -0.2) is 37.9 Å². The van der Waals surface area contributed by atoms with Crippen LogP contribution < -0.4 is 14.8 Å². The normalized spacial score (nSPS) is 24.4. The summed E-state index contributed by atoms with van der Waals surface area (Å²) >= 11 is 0. The van der Waals surface area contributed by atoms with Crippen LogP contribution in [0.5, 0.6) is 11.5 Å². The zero-order valence-electron chi connectivity index (χ0n) is 11.1. The summed E-state index contributed by atoms with van der Waals surface area (Å²) < 4.78 is 10.9. The average molecular weight is 260 g/mol. The van der Waals surface area contributed by atoms with Crippen LogP contribution in [0.3, 0.4) is 0 Å². The first kappa shape index (κ1) is 11.6. The molecule has 19 heavy (non-hydrogen) atoms. The predicted octanol–water partition coefficient (Wildman–Crippen LogP) is 1.77. The van der Waals surface area contributed by atoms with E-state index in [-0.39, 0.29) is 0 Å². The highest BCUT2D eigenvalue weighted by Crippen LogP contribution is 2.46. The van der Waals surface area contributed by atoms with E-state index in [1.807, 2.05) is 0 Å². The molecule has 0 amide bonds. The molecular weight excluding hydrogens is 240 g/mol. The van der Waals surface area contributed by atoms with Crippen LogP contribution in [0.15, 0.2) is 18.2 Å². The van der Waals surface area contributed by atoms with Crippen molar-refractivity contribution >= 4 is 0 Å². The van der Waals surface area contributed by atoms with Crippen molar-refractivity contribution in [1.82, 2.24) is 10.2 Å². The van der Waals surface area contributed by atoms with Gasteiger partial charge in [-0.25, -0.2) is 0 Å². The number of ether oxygens (including phenoxy) is 2. The third-order valence-electron chi connectivity index (χ3n) is 4.35. The minimum atomic E-state index is 0.362.